The molecule has 37 heavy (non-hydrogen) atoms. The molecule has 0 saturated carbocycles. The summed E-state index contributed by atoms with van der Waals surface area (Å²) in [6, 6.07) is 13.2. The lowest BCUT2D eigenvalue weighted by Crippen LogP contribution is -2.13. The van der Waals surface area contributed by atoms with Crippen LogP contribution >= 0.6 is 11.3 Å². The largest absolute Gasteiger partial charge is 0.493 e. The van der Waals surface area contributed by atoms with Gasteiger partial charge in [-0.1, -0.05) is 48.9 Å². The topological polar surface area (TPSA) is 148 Å². The van der Waals surface area contributed by atoms with Crippen molar-refractivity contribution in [2.75, 3.05) is 18.2 Å². The molecular formula is C25H24N4O6S2. The van der Waals surface area contributed by atoms with Crippen molar-refractivity contribution in [1.82, 2.24) is 10.2 Å². The number of hydrogen-bond acceptors (Lipinski definition) is 10. The Morgan fingerprint density at radius 2 is 1.84 bits per heavy atom. The molecule has 0 bridgehead atoms. The Morgan fingerprint density at radius 1 is 1.14 bits per heavy atom. The van der Waals surface area contributed by atoms with E-state index >= 15 is 0 Å². The second-order valence-electron chi connectivity index (χ2n) is 8.34. The summed E-state index contributed by atoms with van der Waals surface area (Å²) >= 11 is 0.710. The summed E-state index contributed by atoms with van der Waals surface area (Å²) in [5.74, 6) is -1.18. The smallest absolute Gasteiger partial charge is 0.343 e. The quantitative estimate of drug-likeness (QED) is 0.139. The van der Waals surface area contributed by atoms with Crippen LogP contribution in [0.5, 0.6) is 11.5 Å². The molecule has 192 valence electrons. The van der Waals surface area contributed by atoms with E-state index in [-0.39, 0.29) is 38.2 Å². The predicted octanol–water partition coefficient (Wildman–Crippen LogP) is 4.05. The van der Waals surface area contributed by atoms with Gasteiger partial charge in [-0.3, -0.25) is 10.1 Å². The Kier molecular flexibility index (Phi) is 8.75. The third-order valence-corrected chi connectivity index (χ3v) is 8.16. The fraction of sp³-hybridized carbons (Fsp3) is 0.240. The number of nitrogens with one attached hydrogen (secondary N) is 1. The molecule has 0 aliphatic heterocycles. The summed E-state index contributed by atoms with van der Waals surface area (Å²) in [5.41, 5.74) is 1.53. The van der Waals surface area contributed by atoms with Crippen LogP contribution in [0, 0.1) is 24.2 Å². The van der Waals surface area contributed by atoms with Crippen molar-refractivity contribution in [3.05, 3.63) is 64.7 Å². The zero-order chi connectivity index (χ0) is 27.2. The van der Waals surface area contributed by atoms with Gasteiger partial charge in [0.1, 0.15) is 11.6 Å². The second-order valence-corrected chi connectivity index (χ2v) is 11.5. The number of benzene rings is 2. The number of anilines is 1. The minimum atomic E-state index is -3.62. The zero-order valence-corrected chi connectivity index (χ0v) is 22.1. The number of carbonyl (C=O) groups excluding carboxylic acids is 2. The molecule has 0 fully saturated rings. The monoisotopic (exact) mass is 540 g/mol. The molecule has 3 aromatic rings. The molecule has 1 heterocycles. The minimum Gasteiger partial charge on any atom is -0.493 e. The molecule has 0 saturated heterocycles. The number of hydrogen-bond donors (Lipinski definition) is 1. The lowest BCUT2D eigenvalue weighted by molar-refractivity contribution is -0.112. The van der Waals surface area contributed by atoms with Crippen molar-refractivity contribution >= 4 is 44.3 Å². The number of methoxy groups -OCH3 is 1. The molecule has 1 aromatic heterocycles. The van der Waals surface area contributed by atoms with Crippen molar-refractivity contribution < 1.29 is 27.5 Å². The molecular weight excluding hydrogens is 516 g/mol. The van der Waals surface area contributed by atoms with E-state index in [4.69, 9.17) is 9.47 Å². The van der Waals surface area contributed by atoms with Gasteiger partial charge in [0.15, 0.2) is 11.5 Å². The van der Waals surface area contributed by atoms with Crippen molar-refractivity contribution in [3.63, 3.8) is 0 Å². The van der Waals surface area contributed by atoms with Gasteiger partial charge in [-0.2, -0.15) is 5.26 Å². The SMILES string of the molecule is COc1cc(C=C(C#N)C(=O)Nc2nnc(S(=O)(=O)CC(C)C)s2)ccc1OC(=O)c1ccc(C)cc1. The lowest BCUT2D eigenvalue weighted by Gasteiger charge is -2.10. The highest BCUT2D eigenvalue weighted by Crippen LogP contribution is 2.30. The van der Waals surface area contributed by atoms with E-state index in [2.05, 4.69) is 15.5 Å². The maximum Gasteiger partial charge on any atom is 0.343 e. The fourth-order valence-corrected chi connectivity index (χ4v) is 5.69. The van der Waals surface area contributed by atoms with Gasteiger partial charge in [0.05, 0.1) is 18.4 Å². The fourth-order valence-electron chi connectivity index (χ4n) is 3.08. The molecule has 0 spiro atoms. The highest BCUT2D eigenvalue weighted by molar-refractivity contribution is 7.93. The number of aromatic nitrogens is 2. The molecule has 10 nitrogen and oxygen atoms in total. The maximum atomic E-state index is 12.6. The van der Waals surface area contributed by atoms with E-state index in [1.165, 1.54) is 25.3 Å². The van der Waals surface area contributed by atoms with Gasteiger partial charge >= 0.3 is 5.97 Å². The summed E-state index contributed by atoms with van der Waals surface area (Å²) in [6.45, 7) is 5.44. The number of sulfone groups is 1. The van der Waals surface area contributed by atoms with E-state index in [0.29, 0.717) is 22.5 Å². The van der Waals surface area contributed by atoms with Crippen LogP contribution in [0.3, 0.4) is 0 Å². The molecule has 2 aromatic carbocycles. The van der Waals surface area contributed by atoms with Crippen molar-refractivity contribution in [3.8, 4) is 17.6 Å². The van der Waals surface area contributed by atoms with Gasteiger partial charge < -0.3 is 9.47 Å². The van der Waals surface area contributed by atoms with Crippen molar-refractivity contribution in [2.45, 2.75) is 25.1 Å². The number of amides is 1. The number of nitrogens with zero attached hydrogens (tertiary/aromatic N) is 3. The highest BCUT2D eigenvalue weighted by Gasteiger charge is 2.23. The number of rotatable bonds is 9. The standard InChI is InChI=1S/C25H24N4O6S2/c1-15(2)14-37(32,33)25-29-28-24(36-25)27-22(30)19(13-26)11-17-7-10-20(21(12-17)34-4)35-23(31)18-8-5-16(3)6-9-18/h5-12,15H,14H2,1-4H3,(H,27,28,30). The van der Waals surface area contributed by atoms with Gasteiger partial charge in [0, 0.05) is 0 Å². The minimum absolute atomic E-state index is 0.0515. The van der Waals surface area contributed by atoms with Gasteiger partial charge in [-0.15, -0.1) is 10.2 Å². The Hall–Kier alpha value is -4.08. The highest BCUT2D eigenvalue weighted by atomic mass is 32.2. The maximum absolute atomic E-state index is 12.6. The number of esters is 1. The Bertz CT molecular complexity index is 1490. The van der Waals surface area contributed by atoms with Gasteiger partial charge in [-0.05, 0) is 48.7 Å². The first-order valence-electron chi connectivity index (χ1n) is 11.0. The predicted molar refractivity (Wildman–Crippen MR) is 138 cm³/mol. The van der Waals surface area contributed by atoms with Crippen LogP contribution in [0.15, 0.2) is 52.4 Å². The summed E-state index contributed by atoms with van der Waals surface area (Å²) in [7, 11) is -2.23. The normalized spacial score (nSPS) is 11.6. The van der Waals surface area contributed by atoms with Crippen LogP contribution in [0.25, 0.3) is 6.08 Å². The van der Waals surface area contributed by atoms with E-state index in [1.807, 2.05) is 6.92 Å². The van der Waals surface area contributed by atoms with Gasteiger partial charge in [-0.25, -0.2) is 13.2 Å². The molecule has 12 heteroatoms. The number of aryl methyl sites for hydroxylation is 1. The van der Waals surface area contributed by atoms with Gasteiger partial charge in [0.25, 0.3) is 5.91 Å². The zero-order valence-electron chi connectivity index (χ0n) is 20.5. The summed E-state index contributed by atoms with van der Waals surface area (Å²) in [4.78, 5) is 25.1. The van der Waals surface area contributed by atoms with Crippen molar-refractivity contribution in [2.24, 2.45) is 5.92 Å². The summed E-state index contributed by atoms with van der Waals surface area (Å²) in [6.07, 6.45) is 1.31. The Morgan fingerprint density at radius 3 is 2.46 bits per heavy atom. The number of nitriles is 1. The first-order chi connectivity index (χ1) is 17.5. The first kappa shape index (κ1) is 27.5. The Labute approximate surface area is 218 Å². The third kappa shape index (κ3) is 7.22. The average Bonchev–Trinajstić information content (AvgIpc) is 3.32. The molecule has 0 atom stereocenters. The van der Waals surface area contributed by atoms with E-state index < -0.39 is 21.7 Å². The second kappa shape index (κ2) is 11.8. The molecule has 0 aliphatic carbocycles. The average molecular weight is 541 g/mol. The molecule has 0 unspecified atom stereocenters. The van der Waals surface area contributed by atoms with Crippen molar-refractivity contribution in [1.29, 1.82) is 5.26 Å². The summed E-state index contributed by atoms with van der Waals surface area (Å²) in [5, 5.41) is 19.2. The first-order valence-corrected chi connectivity index (χ1v) is 13.5. The van der Waals surface area contributed by atoms with E-state index in [0.717, 1.165) is 5.56 Å². The molecule has 0 radical (unpaired) electrons. The van der Waals surface area contributed by atoms with Crippen LogP contribution < -0.4 is 14.8 Å². The molecule has 1 amide bonds. The van der Waals surface area contributed by atoms with Crippen LogP contribution in [0.4, 0.5) is 5.13 Å². The summed E-state index contributed by atoms with van der Waals surface area (Å²) < 4.78 is 35.2. The lowest BCUT2D eigenvalue weighted by atomic mass is 10.1. The van der Waals surface area contributed by atoms with Crippen LogP contribution in [0.2, 0.25) is 0 Å². The van der Waals surface area contributed by atoms with E-state index in [1.54, 1.807) is 50.2 Å². The third-order valence-electron chi connectivity index (χ3n) is 4.80. The molecule has 3 rings (SSSR count). The number of carbonyl (C=O) groups is 2. The Balaban J connectivity index is 1.76. The van der Waals surface area contributed by atoms with Crippen LogP contribution in [0.1, 0.15) is 35.3 Å². The van der Waals surface area contributed by atoms with Gasteiger partial charge in [0.2, 0.25) is 19.3 Å². The van der Waals surface area contributed by atoms with Crippen LogP contribution in [-0.4, -0.2) is 43.4 Å². The van der Waals surface area contributed by atoms with E-state index in [9.17, 15) is 23.3 Å². The molecule has 1 N–H and O–H groups in total. The molecule has 0 aliphatic rings. The number of ether oxygens (including phenoxy) is 2. The van der Waals surface area contributed by atoms with Crippen LogP contribution in [-0.2, 0) is 14.6 Å².